The van der Waals surface area contributed by atoms with Gasteiger partial charge in [-0.15, -0.1) is 0 Å². The minimum Gasteiger partial charge on any atom is -0.465 e. The minimum absolute atomic E-state index is 0.0277. The molecule has 2 aromatic carbocycles. The largest absolute Gasteiger partial charge is 0.465 e. The summed E-state index contributed by atoms with van der Waals surface area (Å²) in [6, 6.07) is 10.2. The van der Waals surface area contributed by atoms with Crippen LogP contribution in [0.25, 0.3) is 0 Å². The van der Waals surface area contributed by atoms with Gasteiger partial charge in [0.2, 0.25) is 5.95 Å². The number of nitrogens with zero attached hydrogens (tertiary/aromatic N) is 5. The summed E-state index contributed by atoms with van der Waals surface area (Å²) in [4.78, 5) is 48.7. The molecule has 1 N–H and O–H groups in total. The fourth-order valence-electron chi connectivity index (χ4n) is 3.53. The molecule has 0 aliphatic carbocycles. The van der Waals surface area contributed by atoms with Crippen LogP contribution in [0, 0.1) is 10.1 Å². The standard InChI is InChI=1S/C21H16N6O7/c1-33-19(29)12-8-6-11(7-9-12)17-15(18(28)13-4-3-5-14(10-13)27(31)32)16(20(30)34-2)22-21-23-24-25-26(17)21/h3-10,17H,1-2H3,(H,22,23,25)/t17-/m0/s1. The molecule has 2 heterocycles. The number of rotatable bonds is 6. The monoisotopic (exact) mass is 464 g/mol. The summed E-state index contributed by atoms with van der Waals surface area (Å²) in [5.74, 6) is -2.03. The van der Waals surface area contributed by atoms with Crippen LogP contribution in [0.1, 0.15) is 32.3 Å². The molecule has 0 radical (unpaired) electrons. The zero-order valence-electron chi connectivity index (χ0n) is 17.8. The Labute approximate surface area is 191 Å². The number of fused-ring (bicyclic) bond motifs is 1. The maximum atomic E-state index is 13.7. The van der Waals surface area contributed by atoms with Crippen molar-refractivity contribution in [2.24, 2.45) is 0 Å². The van der Waals surface area contributed by atoms with Crippen LogP contribution in [-0.2, 0) is 14.3 Å². The zero-order valence-corrected chi connectivity index (χ0v) is 17.8. The molecule has 1 aromatic heterocycles. The van der Waals surface area contributed by atoms with E-state index in [0.29, 0.717) is 5.56 Å². The van der Waals surface area contributed by atoms with Gasteiger partial charge in [0.25, 0.3) is 5.69 Å². The predicted octanol–water partition coefficient (Wildman–Crippen LogP) is 1.69. The Kier molecular flexibility index (Phi) is 5.82. The van der Waals surface area contributed by atoms with Gasteiger partial charge >= 0.3 is 11.9 Å². The van der Waals surface area contributed by atoms with E-state index in [2.05, 4.69) is 20.8 Å². The van der Waals surface area contributed by atoms with Crippen molar-refractivity contribution in [2.45, 2.75) is 6.04 Å². The van der Waals surface area contributed by atoms with Crippen molar-refractivity contribution < 1.29 is 28.8 Å². The number of hydrogen-bond donors (Lipinski definition) is 1. The summed E-state index contributed by atoms with van der Waals surface area (Å²) in [6.07, 6.45) is 0. The van der Waals surface area contributed by atoms with Gasteiger partial charge in [-0.05, 0) is 28.1 Å². The van der Waals surface area contributed by atoms with Gasteiger partial charge in [0.1, 0.15) is 11.7 Å². The van der Waals surface area contributed by atoms with Crippen LogP contribution in [0.3, 0.4) is 0 Å². The molecule has 0 saturated carbocycles. The van der Waals surface area contributed by atoms with Crippen LogP contribution in [0.4, 0.5) is 11.6 Å². The fourth-order valence-corrected chi connectivity index (χ4v) is 3.53. The Bertz CT molecular complexity index is 1350. The first-order chi connectivity index (χ1) is 16.3. The number of tetrazole rings is 1. The number of hydrogen-bond acceptors (Lipinski definition) is 11. The van der Waals surface area contributed by atoms with E-state index in [4.69, 9.17) is 9.47 Å². The normalized spacial score (nSPS) is 14.6. The number of allylic oxidation sites excluding steroid dienone is 1. The second-order valence-corrected chi connectivity index (χ2v) is 7.01. The van der Waals surface area contributed by atoms with Crippen molar-refractivity contribution in [1.82, 2.24) is 20.2 Å². The molecule has 0 unspecified atom stereocenters. The number of methoxy groups -OCH3 is 2. The fraction of sp³-hybridized carbons (Fsp3) is 0.143. The number of ether oxygens (including phenoxy) is 2. The predicted molar refractivity (Wildman–Crippen MR) is 114 cm³/mol. The first kappa shape index (κ1) is 22.3. The van der Waals surface area contributed by atoms with Gasteiger partial charge in [-0.2, -0.15) is 4.68 Å². The Balaban J connectivity index is 1.91. The van der Waals surface area contributed by atoms with Crippen LogP contribution >= 0.6 is 0 Å². The lowest BCUT2D eigenvalue weighted by atomic mass is 9.89. The SMILES string of the molecule is COC(=O)C1=C(C(=O)c2cccc([N+](=O)[O-])c2)[C@H](c2ccc(C(=O)OC)cc2)n2nnnc2N1. The maximum absolute atomic E-state index is 13.7. The molecule has 0 fully saturated rings. The molecule has 1 aliphatic heterocycles. The second kappa shape index (κ2) is 8.90. The smallest absolute Gasteiger partial charge is 0.355 e. The lowest BCUT2D eigenvalue weighted by molar-refractivity contribution is -0.384. The van der Waals surface area contributed by atoms with Gasteiger partial charge < -0.3 is 14.8 Å². The summed E-state index contributed by atoms with van der Waals surface area (Å²) < 4.78 is 10.8. The molecule has 13 nitrogen and oxygen atoms in total. The molecule has 0 saturated heterocycles. The molecule has 0 spiro atoms. The Morgan fingerprint density at radius 2 is 1.74 bits per heavy atom. The molecule has 1 aliphatic rings. The van der Waals surface area contributed by atoms with Gasteiger partial charge in [-0.3, -0.25) is 14.9 Å². The van der Waals surface area contributed by atoms with Gasteiger partial charge in [0.05, 0.1) is 30.3 Å². The number of Topliss-reactive ketones (excluding diaryl/α,β-unsaturated/α-hetero) is 1. The van der Waals surface area contributed by atoms with Crippen LogP contribution in [-0.4, -0.2) is 57.1 Å². The number of nitrogens with one attached hydrogen (secondary N) is 1. The third-order valence-electron chi connectivity index (χ3n) is 5.12. The number of carbonyl (C=O) groups excluding carboxylic acids is 3. The maximum Gasteiger partial charge on any atom is 0.355 e. The molecule has 0 bridgehead atoms. The molecule has 0 amide bonds. The van der Waals surface area contributed by atoms with Gasteiger partial charge in [-0.1, -0.05) is 29.4 Å². The lowest BCUT2D eigenvalue weighted by Gasteiger charge is -2.28. The molecule has 4 rings (SSSR count). The van der Waals surface area contributed by atoms with Crippen molar-refractivity contribution in [2.75, 3.05) is 19.5 Å². The third-order valence-corrected chi connectivity index (χ3v) is 5.12. The molecule has 13 heteroatoms. The van der Waals surface area contributed by atoms with Crippen LogP contribution < -0.4 is 5.32 Å². The summed E-state index contributed by atoms with van der Waals surface area (Å²) >= 11 is 0. The van der Waals surface area contributed by atoms with Crippen molar-refractivity contribution in [3.05, 3.63) is 86.6 Å². The van der Waals surface area contributed by atoms with E-state index in [1.165, 1.54) is 42.1 Å². The first-order valence-electron chi connectivity index (χ1n) is 9.70. The van der Waals surface area contributed by atoms with Crippen molar-refractivity contribution in [3.63, 3.8) is 0 Å². The van der Waals surface area contributed by atoms with Crippen LogP contribution in [0.5, 0.6) is 0 Å². The average Bonchev–Trinajstić information content (AvgIpc) is 3.34. The summed E-state index contributed by atoms with van der Waals surface area (Å²) in [7, 11) is 2.39. The number of nitro groups is 1. The van der Waals surface area contributed by atoms with Gasteiger partial charge in [0.15, 0.2) is 5.78 Å². The number of nitro benzene ring substituents is 1. The quantitative estimate of drug-likeness (QED) is 0.244. The van der Waals surface area contributed by atoms with Gasteiger partial charge in [0, 0.05) is 17.7 Å². The van der Waals surface area contributed by atoms with Crippen molar-refractivity contribution >= 4 is 29.4 Å². The second-order valence-electron chi connectivity index (χ2n) is 7.01. The molecule has 34 heavy (non-hydrogen) atoms. The van der Waals surface area contributed by atoms with Crippen molar-refractivity contribution in [1.29, 1.82) is 0 Å². The summed E-state index contributed by atoms with van der Waals surface area (Å²) in [5, 5.41) is 25.3. The highest BCUT2D eigenvalue weighted by Gasteiger charge is 2.38. The van der Waals surface area contributed by atoms with Gasteiger partial charge in [-0.25, -0.2) is 9.59 Å². The minimum atomic E-state index is -1.01. The van der Waals surface area contributed by atoms with E-state index < -0.39 is 28.7 Å². The number of non-ortho nitro benzene ring substituents is 1. The number of esters is 2. The highest BCUT2D eigenvalue weighted by Crippen LogP contribution is 2.37. The van der Waals surface area contributed by atoms with Crippen LogP contribution in [0.15, 0.2) is 59.8 Å². The summed E-state index contributed by atoms with van der Waals surface area (Å²) in [5.41, 5.74) is 0.0806. The molecule has 3 aromatic rings. The molecular formula is C21H16N6O7. The number of benzene rings is 2. The molecule has 1 atom stereocenters. The average molecular weight is 464 g/mol. The molecule has 172 valence electrons. The molecular weight excluding hydrogens is 448 g/mol. The van der Waals surface area contributed by atoms with Crippen molar-refractivity contribution in [3.8, 4) is 0 Å². The number of carbonyl (C=O) groups is 3. The highest BCUT2D eigenvalue weighted by atomic mass is 16.6. The van der Waals surface area contributed by atoms with E-state index in [-0.39, 0.29) is 34.0 Å². The third kappa shape index (κ3) is 3.85. The van der Waals surface area contributed by atoms with E-state index in [1.807, 2.05) is 0 Å². The Morgan fingerprint density at radius 3 is 2.38 bits per heavy atom. The van der Waals surface area contributed by atoms with E-state index >= 15 is 0 Å². The van der Waals surface area contributed by atoms with E-state index in [1.54, 1.807) is 12.1 Å². The lowest BCUT2D eigenvalue weighted by Crippen LogP contribution is -2.33. The number of anilines is 1. The summed E-state index contributed by atoms with van der Waals surface area (Å²) in [6.45, 7) is 0. The van der Waals surface area contributed by atoms with E-state index in [0.717, 1.165) is 13.2 Å². The first-order valence-corrected chi connectivity index (χ1v) is 9.70. The zero-order chi connectivity index (χ0) is 24.4. The number of aromatic nitrogens is 4. The Morgan fingerprint density at radius 1 is 1.03 bits per heavy atom. The highest BCUT2D eigenvalue weighted by molar-refractivity contribution is 6.15. The Hall–Kier alpha value is -4.94. The topological polar surface area (TPSA) is 168 Å². The number of ketones is 1. The van der Waals surface area contributed by atoms with E-state index in [9.17, 15) is 24.5 Å². The van der Waals surface area contributed by atoms with Crippen LogP contribution in [0.2, 0.25) is 0 Å².